The summed E-state index contributed by atoms with van der Waals surface area (Å²) in [5.41, 5.74) is 2.19. The summed E-state index contributed by atoms with van der Waals surface area (Å²) in [4.78, 5) is 27.9. The predicted molar refractivity (Wildman–Crippen MR) is 107 cm³/mol. The second-order valence-electron chi connectivity index (χ2n) is 6.18. The lowest BCUT2D eigenvalue weighted by molar-refractivity contribution is -0.138. The van der Waals surface area contributed by atoms with Gasteiger partial charge in [-0.3, -0.25) is 9.59 Å². The molecule has 0 fully saturated rings. The van der Waals surface area contributed by atoms with Crippen LogP contribution in [0.2, 0.25) is 0 Å². The molecule has 138 valence electrons. The number of amides is 2. The molecule has 2 amide bonds. The molecule has 0 bridgehead atoms. The molecule has 0 saturated carbocycles. The molecule has 2 aromatic carbocycles. The summed E-state index contributed by atoms with van der Waals surface area (Å²) in [6, 6.07) is 17.4. The second kappa shape index (κ2) is 10.0. The van der Waals surface area contributed by atoms with Crippen molar-refractivity contribution in [2.45, 2.75) is 38.3 Å². The minimum absolute atomic E-state index is 0.0434. The number of thioether (sulfide) groups is 1. The Labute approximate surface area is 160 Å². The highest BCUT2D eigenvalue weighted by Crippen LogP contribution is 2.19. The van der Waals surface area contributed by atoms with Gasteiger partial charge in [0.05, 0.1) is 5.75 Å². The lowest BCUT2D eigenvalue weighted by atomic mass is 10.1. The molecule has 4 nitrogen and oxygen atoms in total. The van der Waals surface area contributed by atoms with E-state index < -0.39 is 6.04 Å². The quantitative estimate of drug-likeness (QED) is 0.722. The standard InChI is InChI=1S/C21H26N2O2S/c1-4-22-21(25)17(3)23(14-18-12-10-16(2)11-13-18)20(24)15-26-19-8-6-5-7-9-19/h5-13,17H,4,14-15H2,1-3H3,(H,22,25). The summed E-state index contributed by atoms with van der Waals surface area (Å²) in [7, 11) is 0. The van der Waals surface area contributed by atoms with Gasteiger partial charge in [-0.05, 0) is 38.5 Å². The first-order valence-corrected chi connectivity index (χ1v) is 9.80. The summed E-state index contributed by atoms with van der Waals surface area (Å²) >= 11 is 1.49. The van der Waals surface area contributed by atoms with Gasteiger partial charge in [0.25, 0.3) is 0 Å². The molecule has 0 spiro atoms. The molecule has 2 rings (SSSR count). The van der Waals surface area contributed by atoms with Crippen LogP contribution < -0.4 is 5.32 Å². The number of hydrogen-bond acceptors (Lipinski definition) is 3. The molecule has 5 heteroatoms. The SMILES string of the molecule is CCNC(=O)C(C)N(Cc1ccc(C)cc1)C(=O)CSc1ccccc1. The fraction of sp³-hybridized carbons (Fsp3) is 0.333. The molecule has 0 radical (unpaired) electrons. The maximum atomic E-state index is 12.9. The second-order valence-corrected chi connectivity index (χ2v) is 7.23. The van der Waals surface area contributed by atoms with Crippen LogP contribution in [-0.4, -0.2) is 35.1 Å². The zero-order valence-electron chi connectivity index (χ0n) is 15.6. The molecule has 0 aliphatic heterocycles. The Bertz CT molecular complexity index is 717. The van der Waals surface area contributed by atoms with Crippen LogP contribution in [0.1, 0.15) is 25.0 Å². The van der Waals surface area contributed by atoms with E-state index in [1.807, 2.05) is 68.4 Å². The zero-order chi connectivity index (χ0) is 18.9. The van der Waals surface area contributed by atoms with Crippen LogP contribution in [0.3, 0.4) is 0 Å². The Morgan fingerprint density at radius 3 is 2.35 bits per heavy atom. The Morgan fingerprint density at radius 2 is 1.73 bits per heavy atom. The lowest BCUT2D eigenvalue weighted by Gasteiger charge is -2.28. The van der Waals surface area contributed by atoms with E-state index in [0.29, 0.717) is 18.8 Å². The number of rotatable bonds is 8. The maximum absolute atomic E-state index is 12.9. The van der Waals surface area contributed by atoms with Gasteiger partial charge in [-0.15, -0.1) is 11.8 Å². The fourth-order valence-corrected chi connectivity index (χ4v) is 3.35. The van der Waals surface area contributed by atoms with Crippen LogP contribution in [0.5, 0.6) is 0 Å². The van der Waals surface area contributed by atoms with Crippen molar-refractivity contribution >= 4 is 23.6 Å². The molecule has 1 atom stereocenters. The Kier molecular flexibility index (Phi) is 7.73. The lowest BCUT2D eigenvalue weighted by Crippen LogP contribution is -2.48. The summed E-state index contributed by atoms with van der Waals surface area (Å²) in [6.45, 7) is 6.66. The zero-order valence-corrected chi connectivity index (χ0v) is 16.4. The number of carbonyl (C=O) groups excluding carboxylic acids is 2. The van der Waals surface area contributed by atoms with Crippen LogP contribution in [-0.2, 0) is 16.1 Å². The topological polar surface area (TPSA) is 49.4 Å². The number of aryl methyl sites for hydroxylation is 1. The van der Waals surface area contributed by atoms with Gasteiger partial charge >= 0.3 is 0 Å². The van der Waals surface area contributed by atoms with Gasteiger partial charge in [0.1, 0.15) is 6.04 Å². The summed E-state index contributed by atoms with van der Waals surface area (Å²) in [5, 5.41) is 2.81. The van der Waals surface area contributed by atoms with E-state index in [9.17, 15) is 9.59 Å². The van der Waals surface area contributed by atoms with Crippen molar-refractivity contribution in [3.05, 3.63) is 65.7 Å². The minimum Gasteiger partial charge on any atom is -0.355 e. The van der Waals surface area contributed by atoms with Crippen molar-refractivity contribution in [2.75, 3.05) is 12.3 Å². The average Bonchev–Trinajstić information content (AvgIpc) is 2.66. The number of benzene rings is 2. The van der Waals surface area contributed by atoms with Gasteiger partial charge in [0, 0.05) is 18.0 Å². The van der Waals surface area contributed by atoms with E-state index in [0.717, 1.165) is 10.5 Å². The summed E-state index contributed by atoms with van der Waals surface area (Å²) in [6.07, 6.45) is 0. The van der Waals surface area contributed by atoms with Crippen LogP contribution in [0, 0.1) is 6.92 Å². The molecule has 0 heterocycles. The van der Waals surface area contributed by atoms with Crippen molar-refractivity contribution in [1.82, 2.24) is 10.2 Å². The normalized spacial score (nSPS) is 11.7. The third-order valence-corrected chi connectivity index (χ3v) is 5.09. The highest BCUT2D eigenvalue weighted by Gasteiger charge is 2.25. The number of nitrogens with one attached hydrogen (secondary N) is 1. The molecule has 0 aliphatic rings. The predicted octanol–water partition coefficient (Wildman–Crippen LogP) is 3.64. The number of nitrogens with zero attached hydrogens (tertiary/aromatic N) is 1. The molecular formula is C21H26N2O2S. The van der Waals surface area contributed by atoms with E-state index in [1.165, 1.54) is 17.3 Å². The summed E-state index contributed by atoms with van der Waals surface area (Å²) < 4.78 is 0. The van der Waals surface area contributed by atoms with E-state index in [2.05, 4.69) is 5.32 Å². The molecule has 26 heavy (non-hydrogen) atoms. The highest BCUT2D eigenvalue weighted by atomic mass is 32.2. The first kappa shape index (κ1) is 20.0. The largest absolute Gasteiger partial charge is 0.355 e. The molecule has 1 unspecified atom stereocenters. The first-order valence-electron chi connectivity index (χ1n) is 8.81. The summed E-state index contributed by atoms with van der Waals surface area (Å²) in [5.74, 6) is 0.135. The van der Waals surface area contributed by atoms with E-state index in [4.69, 9.17) is 0 Å². The van der Waals surface area contributed by atoms with Crippen molar-refractivity contribution < 1.29 is 9.59 Å². The molecule has 0 aliphatic carbocycles. The molecular weight excluding hydrogens is 344 g/mol. The molecule has 1 N–H and O–H groups in total. The Balaban J connectivity index is 2.11. The van der Waals surface area contributed by atoms with Gasteiger partial charge in [-0.2, -0.15) is 0 Å². The van der Waals surface area contributed by atoms with E-state index >= 15 is 0 Å². The van der Waals surface area contributed by atoms with Crippen LogP contribution >= 0.6 is 11.8 Å². The van der Waals surface area contributed by atoms with Gasteiger partial charge in [0.2, 0.25) is 11.8 Å². The minimum atomic E-state index is -0.514. The first-order chi connectivity index (χ1) is 12.5. The van der Waals surface area contributed by atoms with Gasteiger partial charge in [0.15, 0.2) is 0 Å². The Hall–Kier alpha value is -2.27. The van der Waals surface area contributed by atoms with Crippen LogP contribution in [0.4, 0.5) is 0 Å². The fourth-order valence-electron chi connectivity index (χ4n) is 2.54. The van der Waals surface area contributed by atoms with Crippen LogP contribution in [0.25, 0.3) is 0 Å². The van der Waals surface area contributed by atoms with Crippen molar-refractivity contribution in [3.8, 4) is 0 Å². The van der Waals surface area contributed by atoms with E-state index in [-0.39, 0.29) is 11.8 Å². The van der Waals surface area contributed by atoms with Crippen LogP contribution in [0.15, 0.2) is 59.5 Å². The smallest absolute Gasteiger partial charge is 0.242 e. The van der Waals surface area contributed by atoms with Gasteiger partial charge in [-0.1, -0.05) is 48.0 Å². The molecule has 2 aromatic rings. The Morgan fingerprint density at radius 1 is 1.08 bits per heavy atom. The van der Waals surface area contributed by atoms with Gasteiger partial charge in [-0.25, -0.2) is 0 Å². The van der Waals surface area contributed by atoms with Crippen molar-refractivity contribution in [3.63, 3.8) is 0 Å². The number of hydrogen-bond donors (Lipinski definition) is 1. The third-order valence-electron chi connectivity index (χ3n) is 4.10. The monoisotopic (exact) mass is 370 g/mol. The highest BCUT2D eigenvalue weighted by molar-refractivity contribution is 8.00. The number of likely N-dealkylation sites (N-methyl/N-ethyl adjacent to an activating group) is 1. The maximum Gasteiger partial charge on any atom is 0.242 e. The van der Waals surface area contributed by atoms with Crippen molar-refractivity contribution in [1.29, 1.82) is 0 Å². The van der Waals surface area contributed by atoms with Crippen molar-refractivity contribution in [2.24, 2.45) is 0 Å². The molecule has 0 aromatic heterocycles. The number of carbonyl (C=O) groups is 2. The van der Waals surface area contributed by atoms with Gasteiger partial charge < -0.3 is 10.2 Å². The van der Waals surface area contributed by atoms with E-state index in [1.54, 1.807) is 11.8 Å². The molecule has 0 saturated heterocycles. The third kappa shape index (κ3) is 5.92. The average molecular weight is 371 g/mol.